The van der Waals surface area contributed by atoms with Crippen molar-refractivity contribution in [3.05, 3.63) is 65.2 Å². The molecule has 2 aromatic rings. The van der Waals surface area contributed by atoms with Crippen LogP contribution in [0.3, 0.4) is 0 Å². The zero-order chi connectivity index (χ0) is 18.8. The Balaban J connectivity index is 1.63. The Morgan fingerprint density at radius 1 is 1.07 bits per heavy atom. The lowest BCUT2D eigenvalue weighted by Gasteiger charge is -2.29. The molecule has 0 radical (unpaired) electrons. The molecule has 2 amide bonds. The zero-order valence-electron chi connectivity index (χ0n) is 15.6. The smallest absolute Gasteiger partial charge is 0.255 e. The second-order valence-electron chi connectivity index (χ2n) is 7.17. The van der Waals surface area contributed by atoms with Gasteiger partial charge in [-0.2, -0.15) is 0 Å². The summed E-state index contributed by atoms with van der Waals surface area (Å²) in [6.45, 7) is 2.18. The summed E-state index contributed by atoms with van der Waals surface area (Å²) in [7, 11) is 1.63. The van der Waals surface area contributed by atoms with Crippen molar-refractivity contribution in [3.8, 4) is 5.75 Å². The quantitative estimate of drug-likeness (QED) is 0.817. The highest BCUT2D eigenvalue weighted by Crippen LogP contribution is 2.34. The Labute approximate surface area is 159 Å². The molecule has 27 heavy (non-hydrogen) atoms. The van der Waals surface area contributed by atoms with Crippen LogP contribution in [0.4, 0.5) is 0 Å². The number of carbonyl (C=O) groups is 2. The molecule has 0 spiro atoms. The van der Waals surface area contributed by atoms with Gasteiger partial charge in [0.1, 0.15) is 5.75 Å². The van der Waals surface area contributed by atoms with E-state index in [1.165, 1.54) is 0 Å². The predicted octanol–water partition coefficient (Wildman–Crippen LogP) is 3.40. The van der Waals surface area contributed by atoms with Crippen LogP contribution in [-0.4, -0.2) is 41.8 Å². The minimum absolute atomic E-state index is 0.000593. The van der Waals surface area contributed by atoms with Gasteiger partial charge in [0.25, 0.3) is 5.91 Å². The number of nitrogens with zero attached hydrogens (tertiary/aromatic N) is 2. The number of ether oxygens (including phenoxy) is 1. The van der Waals surface area contributed by atoms with Crippen LogP contribution in [0.25, 0.3) is 0 Å². The number of likely N-dealkylation sites (tertiary alicyclic amines) is 1. The fourth-order valence-electron chi connectivity index (χ4n) is 4.02. The van der Waals surface area contributed by atoms with Gasteiger partial charge >= 0.3 is 0 Å². The van der Waals surface area contributed by atoms with Crippen LogP contribution in [-0.2, 0) is 11.3 Å². The van der Waals surface area contributed by atoms with E-state index in [1.54, 1.807) is 7.11 Å². The Morgan fingerprint density at radius 3 is 2.44 bits per heavy atom. The van der Waals surface area contributed by atoms with Crippen LogP contribution in [0.5, 0.6) is 5.75 Å². The maximum Gasteiger partial charge on any atom is 0.255 e. The molecule has 0 N–H and O–H groups in total. The first kappa shape index (κ1) is 17.6. The third kappa shape index (κ3) is 3.42. The Morgan fingerprint density at radius 2 is 1.78 bits per heavy atom. The normalized spacial score (nSPS) is 17.1. The van der Waals surface area contributed by atoms with E-state index in [0.717, 1.165) is 48.4 Å². The van der Waals surface area contributed by atoms with Crippen LogP contribution in [0.15, 0.2) is 48.5 Å². The molecule has 1 fully saturated rings. The van der Waals surface area contributed by atoms with E-state index in [9.17, 15) is 9.59 Å². The van der Waals surface area contributed by atoms with E-state index < -0.39 is 0 Å². The number of methoxy groups -OCH3 is 1. The highest BCUT2D eigenvalue weighted by molar-refractivity contribution is 5.98. The molecule has 0 aromatic heterocycles. The fraction of sp³-hybridized carbons (Fsp3) is 0.364. The third-order valence-corrected chi connectivity index (χ3v) is 5.55. The molecular formula is C22H24N2O3. The monoisotopic (exact) mass is 364 g/mol. The molecule has 2 aliphatic heterocycles. The molecule has 5 nitrogen and oxygen atoms in total. The van der Waals surface area contributed by atoms with Crippen molar-refractivity contribution in [3.63, 3.8) is 0 Å². The maximum atomic E-state index is 13.0. The number of rotatable bonds is 5. The fourth-order valence-corrected chi connectivity index (χ4v) is 4.02. The predicted molar refractivity (Wildman–Crippen MR) is 102 cm³/mol. The van der Waals surface area contributed by atoms with Crippen LogP contribution < -0.4 is 4.74 Å². The molecule has 140 valence electrons. The second-order valence-corrected chi connectivity index (χ2v) is 7.17. The van der Waals surface area contributed by atoms with Gasteiger partial charge in [0, 0.05) is 25.2 Å². The van der Waals surface area contributed by atoms with Crippen molar-refractivity contribution in [2.45, 2.75) is 31.8 Å². The summed E-state index contributed by atoms with van der Waals surface area (Å²) in [6.07, 6.45) is 2.44. The van der Waals surface area contributed by atoms with Gasteiger partial charge in [-0.05, 0) is 42.2 Å². The van der Waals surface area contributed by atoms with Crippen molar-refractivity contribution in [2.24, 2.45) is 0 Å². The summed E-state index contributed by atoms with van der Waals surface area (Å²) in [4.78, 5) is 29.6. The first-order valence-corrected chi connectivity index (χ1v) is 9.48. The van der Waals surface area contributed by atoms with Crippen LogP contribution in [0.2, 0.25) is 0 Å². The standard InChI is InChI=1S/C22H24N2O3/c1-27-18-10-8-16(9-11-18)20(14-21(25)23-12-4-5-13-23)24-15-17-6-2-3-7-19(17)22(24)26/h2-3,6-11,20H,4-5,12-15H2,1H3/t20-/m1/s1. The maximum absolute atomic E-state index is 13.0. The largest absolute Gasteiger partial charge is 0.497 e. The van der Waals surface area contributed by atoms with Gasteiger partial charge in [0.15, 0.2) is 0 Å². The van der Waals surface area contributed by atoms with E-state index in [-0.39, 0.29) is 17.9 Å². The average Bonchev–Trinajstić information content (AvgIpc) is 3.35. The van der Waals surface area contributed by atoms with Crippen molar-refractivity contribution in [1.82, 2.24) is 9.80 Å². The van der Waals surface area contributed by atoms with Gasteiger partial charge in [0.2, 0.25) is 5.91 Å². The topological polar surface area (TPSA) is 49.9 Å². The molecule has 0 saturated carbocycles. The number of carbonyl (C=O) groups excluding carboxylic acids is 2. The highest BCUT2D eigenvalue weighted by Gasteiger charge is 2.35. The van der Waals surface area contributed by atoms with Gasteiger partial charge in [-0.15, -0.1) is 0 Å². The van der Waals surface area contributed by atoms with Gasteiger partial charge in [-0.25, -0.2) is 0 Å². The number of amides is 2. The van der Waals surface area contributed by atoms with E-state index >= 15 is 0 Å². The molecule has 0 unspecified atom stereocenters. The van der Waals surface area contributed by atoms with Crippen LogP contribution in [0.1, 0.15) is 46.8 Å². The summed E-state index contributed by atoms with van der Waals surface area (Å²) in [6, 6.07) is 15.1. The van der Waals surface area contributed by atoms with Gasteiger partial charge < -0.3 is 14.5 Å². The minimum atomic E-state index is -0.274. The molecule has 2 aromatic carbocycles. The molecular weight excluding hydrogens is 340 g/mol. The molecule has 4 rings (SSSR count). The SMILES string of the molecule is COc1ccc([C@@H](CC(=O)N2CCCC2)N2Cc3ccccc3C2=O)cc1. The van der Waals surface area contributed by atoms with Gasteiger partial charge in [0.05, 0.1) is 19.6 Å². The lowest BCUT2D eigenvalue weighted by atomic mass is 10.0. The van der Waals surface area contributed by atoms with Crippen molar-refractivity contribution >= 4 is 11.8 Å². The van der Waals surface area contributed by atoms with E-state index in [2.05, 4.69) is 0 Å². The Kier molecular flexibility index (Phi) is 4.84. The minimum Gasteiger partial charge on any atom is -0.497 e. The summed E-state index contributed by atoms with van der Waals surface area (Å²) in [5.41, 5.74) is 2.73. The molecule has 0 bridgehead atoms. The molecule has 0 aliphatic carbocycles. The number of hydrogen-bond donors (Lipinski definition) is 0. The molecule has 2 heterocycles. The molecule has 1 atom stereocenters. The number of hydrogen-bond acceptors (Lipinski definition) is 3. The van der Waals surface area contributed by atoms with Crippen LogP contribution in [0, 0.1) is 0 Å². The first-order chi connectivity index (χ1) is 13.2. The Hall–Kier alpha value is -2.82. The van der Waals surface area contributed by atoms with E-state index in [1.807, 2.05) is 58.3 Å². The average molecular weight is 364 g/mol. The summed E-state index contributed by atoms with van der Waals surface area (Å²) < 4.78 is 5.25. The molecule has 1 saturated heterocycles. The lowest BCUT2D eigenvalue weighted by Crippen LogP contribution is -2.35. The summed E-state index contributed by atoms with van der Waals surface area (Å²) in [5, 5.41) is 0. The third-order valence-electron chi connectivity index (χ3n) is 5.55. The second kappa shape index (κ2) is 7.43. The zero-order valence-corrected chi connectivity index (χ0v) is 15.6. The van der Waals surface area contributed by atoms with Crippen molar-refractivity contribution in [1.29, 1.82) is 0 Å². The molecule has 2 aliphatic rings. The van der Waals surface area contributed by atoms with Gasteiger partial charge in [-0.3, -0.25) is 9.59 Å². The Bertz CT molecular complexity index is 841. The van der Waals surface area contributed by atoms with E-state index in [4.69, 9.17) is 4.74 Å². The van der Waals surface area contributed by atoms with Gasteiger partial charge in [-0.1, -0.05) is 30.3 Å². The summed E-state index contributed by atoms with van der Waals surface area (Å²) >= 11 is 0. The summed E-state index contributed by atoms with van der Waals surface area (Å²) in [5.74, 6) is 0.886. The van der Waals surface area contributed by atoms with Crippen molar-refractivity contribution < 1.29 is 14.3 Å². The van der Waals surface area contributed by atoms with Crippen molar-refractivity contribution in [2.75, 3.05) is 20.2 Å². The highest BCUT2D eigenvalue weighted by atomic mass is 16.5. The van der Waals surface area contributed by atoms with E-state index in [0.29, 0.717) is 13.0 Å². The lowest BCUT2D eigenvalue weighted by molar-refractivity contribution is -0.131. The van der Waals surface area contributed by atoms with Crippen LogP contribution >= 0.6 is 0 Å². The number of benzene rings is 2. The number of fused-ring (bicyclic) bond motifs is 1. The first-order valence-electron chi connectivity index (χ1n) is 9.48. The molecule has 5 heteroatoms.